The van der Waals surface area contributed by atoms with Gasteiger partial charge in [0.1, 0.15) is 5.75 Å². The predicted octanol–water partition coefficient (Wildman–Crippen LogP) is 4.43. The molecule has 2 aromatic carbocycles. The Morgan fingerprint density at radius 2 is 1.90 bits per heavy atom. The number of hydrogen-bond acceptors (Lipinski definition) is 3. The molecule has 102 valence electrons. The maximum Gasteiger partial charge on any atom is 0.196 e. The molecule has 0 saturated carbocycles. The van der Waals surface area contributed by atoms with E-state index in [-0.39, 0.29) is 5.43 Å². The SMILES string of the molecule is CCOc1c(C)cc2sc3ccccc3c(=O)c2c1C. The summed E-state index contributed by atoms with van der Waals surface area (Å²) >= 11 is 1.66. The predicted molar refractivity (Wildman–Crippen MR) is 86.2 cm³/mol. The minimum absolute atomic E-state index is 0.104. The lowest BCUT2D eigenvalue weighted by molar-refractivity contribution is 0.336. The van der Waals surface area contributed by atoms with Gasteiger partial charge in [-0.15, -0.1) is 11.3 Å². The molecule has 1 heterocycles. The quantitative estimate of drug-likeness (QED) is 0.651. The van der Waals surface area contributed by atoms with Gasteiger partial charge in [0.15, 0.2) is 5.43 Å². The summed E-state index contributed by atoms with van der Waals surface area (Å²) in [5, 5.41) is 1.59. The second-order valence-corrected chi connectivity index (χ2v) is 5.96. The molecule has 0 aliphatic carbocycles. The first-order valence-electron chi connectivity index (χ1n) is 6.72. The van der Waals surface area contributed by atoms with Crippen LogP contribution in [-0.2, 0) is 0 Å². The van der Waals surface area contributed by atoms with E-state index in [1.165, 1.54) is 0 Å². The molecule has 0 atom stereocenters. The highest BCUT2D eigenvalue weighted by atomic mass is 32.1. The van der Waals surface area contributed by atoms with Crippen LogP contribution >= 0.6 is 11.3 Å². The van der Waals surface area contributed by atoms with Gasteiger partial charge in [0.25, 0.3) is 0 Å². The third-order valence-corrected chi connectivity index (χ3v) is 4.65. The maximum absolute atomic E-state index is 12.7. The Labute approximate surface area is 121 Å². The molecular formula is C17H16O2S. The van der Waals surface area contributed by atoms with Crippen molar-refractivity contribution in [3.05, 3.63) is 51.7 Å². The molecule has 0 radical (unpaired) electrons. The topological polar surface area (TPSA) is 26.3 Å². The summed E-state index contributed by atoms with van der Waals surface area (Å²) in [6.45, 7) is 6.58. The Hall–Kier alpha value is -1.87. The van der Waals surface area contributed by atoms with Gasteiger partial charge < -0.3 is 4.74 Å². The zero-order valence-corrected chi connectivity index (χ0v) is 12.6. The van der Waals surface area contributed by atoms with Crippen molar-refractivity contribution in [2.24, 2.45) is 0 Å². The van der Waals surface area contributed by atoms with Crippen LogP contribution in [0, 0.1) is 13.8 Å². The zero-order valence-electron chi connectivity index (χ0n) is 11.8. The van der Waals surface area contributed by atoms with E-state index >= 15 is 0 Å². The standard InChI is InChI=1S/C17H16O2S/c1-4-19-17-10(2)9-14-15(11(17)3)16(18)12-7-5-6-8-13(12)20-14/h5-9H,4H2,1-3H3. The number of ether oxygens (including phenoxy) is 1. The highest BCUT2D eigenvalue weighted by Gasteiger charge is 2.14. The lowest BCUT2D eigenvalue weighted by Gasteiger charge is -2.13. The minimum Gasteiger partial charge on any atom is -0.493 e. The summed E-state index contributed by atoms with van der Waals surface area (Å²) in [4.78, 5) is 12.7. The molecule has 1 aromatic heterocycles. The third kappa shape index (κ3) is 1.90. The van der Waals surface area contributed by atoms with Gasteiger partial charge in [0.05, 0.1) is 6.61 Å². The first kappa shape index (κ1) is 13.1. The highest BCUT2D eigenvalue weighted by molar-refractivity contribution is 7.24. The first-order valence-corrected chi connectivity index (χ1v) is 7.53. The lowest BCUT2D eigenvalue weighted by atomic mass is 10.0. The van der Waals surface area contributed by atoms with Crippen LogP contribution in [-0.4, -0.2) is 6.61 Å². The molecule has 0 fully saturated rings. The van der Waals surface area contributed by atoms with Gasteiger partial charge in [-0.2, -0.15) is 0 Å². The fourth-order valence-corrected chi connectivity index (χ4v) is 3.89. The van der Waals surface area contributed by atoms with Crippen molar-refractivity contribution >= 4 is 31.5 Å². The molecule has 0 amide bonds. The van der Waals surface area contributed by atoms with Crippen molar-refractivity contribution in [2.45, 2.75) is 20.8 Å². The molecular weight excluding hydrogens is 268 g/mol. The molecule has 20 heavy (non-hydrogen) atoms. The molecule has 0 aliphatic heterocycles. The average Bonchev–Trinajstić information content (AvgIpc) is 2.43. The van der Waals surface area contributed by atoms with E-state index in [0.717, 1.165) is 37.0 Å². The summed E-state index contributed by atoms with van der Waals surface area (Å²) in [7, 11) is 0. The van der Waals surface area contributed by atoms with Crippen LogP contribution in [0.4, 0.5) is 0 Å². The van der Waals surface area contributed by atoms with E-state index in [1.807, 2.05) is 45.0 Å². The second-order valence-electron chi connectivity index (χ2n) is 4.88. The Morgan fingerprint density at radius 1 is 1.15 bits per heavy atom. The Bertz CT molecular complexity index is 862. The molecule has 0 bridgehead atoms. The van der Waals surface area contributed by atoms with E-state index in [0.29, 0.717) is 6.61 Å². The van der Waals surface area contributed by atoms with Gasteiger partial charge in [0.2, 0.25) is 0 Å². The molecule has 0 saturated heterocycles. The number of benzene rings is 2. The van der Waals surface area contributed by atoms with E-state index in [9.17, 15) is 4.79 Å². The lowest BCUT2D eigenvalue weighted by Crippen LogP contribution is -2.05. The van der Waals surface area contributed by atoms with Crippen LogP contribution in [0.3, 0.4) is 0 Å². The Morgan fingerprint density at radius 3 is 2.65 bits per heavy atom. The van der Waals surface area contributed by atoms with Crippen molar-refractivity contribution in [3.63, 3.8) is 0 Å². The van der Waals surface area contributed by atoms with Gasteiger partial charge in [-0.3, -0.25) is 4.79 Å². The van der Waals surface area contributed by atoms with Gasteiger partial charge in [0, 0.05) is 25.7 Å². The van der Waals surface area contributed by atoms with Gasteiger partial charge in [-0.1, -0.05) is 12.1 Å². The van der Waals surface area contributed by atoms with Crippen molar-refractivity contribution in [1.29, 1.82) is 0 Å². The summed E-state index contributed by atoms with van der Waals surface area (Å²) in [6, 6.07) is 9.84. The van der Waals surface area contributed by atoms with Crippen molar-refractivity contribution < 1.29 is 4.74 Å². The third-order valence-electron chi connectivity index (χ3n) is 3.54. The fraction of sp³-hybridized carbons (Fsp3) is 0.235. The Kier molecular flexibility index (Phi) is 3.22. The van der Waals surface area contributed by atoms with Crippen molar-refractivity contribution in [3.8, 4) is 5.75 Å². The van der Waals surface area contributed by atoms with Crippen LogP contribution in [0.5, 0.6) is 5.75 Å². The van der Waals surface area contributed by atoms with E-state index in [1.54, 1.807) is 11.3 Å². The molecule has 3 heteroatoms. The summed E-state index contributed by atoms with van der Waals surface area (Å²) in [5.74, 6) is 0.847. The molecule has 0 N–H and O–H groups in total. The number of fused-ring (bicyclic) bond motifs is 2. The number of rotatable bonds is 2. The normalized spacial score (nSPS) is 11.2. The summed E-state index contributed by atoms with van der Waals surface area (Å²) in [6.07, 6.45) is 0. The highest BCUT2D eigenvalue weighted by Crippen LogP contribution is 2.33. The van der Waals surface area contributed by atoms with Crippen LogP contribution in [0.1, 0.15) is 18.1 Å². The maximum atomic E-state index is 12.7. The molecule has 2 nitrogen and oxygen atoms in total. The van der Waals surface area contributed by atoms with Gasteiger partial charge in [-0.05, 0) is 44.5 Å². The number of aryl methyl sites for hydroxylation is 2. The molecule has 0 unspecified atom stereocenters. The fourth-order valence-electron chi connectivity index (χ4n) is 2.65. The average molecular weight is 284 g/mol. The van der Waals surface area contributed by atoms with Crippen LogP contribution in [0.25, 0.3) is 20.2 Å². The minimum atomic E-state index is 0.104. The number of hydrogen-bond donors (Lipinski definition) is 0. The van der Waals surface area contributed by atoms with E-state index in [4.69, 9.17) is 4.74 Å². The molecule has 3 aromatic rings. The summed E-state index contributed by atoms with van der Waals surface area (Å²) < 4.78 is 7.78. The van der Waals surface area contributed by atoms with Gasteiger partial charge >= 0.3 is 0 Å². The summed E-state index contributed by atoms with van der Waals surface area (Å²) in [5.41, 5.74) is 2.14. The van der Waals surface area contributed by atoms with E-state index < -0.39 is 0 Å². The second kappa shape index (κ2) is 4.91. The first-order chi connectivity index (χ1) is 9.63. The zero-order chi connectivity index (χ0) is 14.3. The van der Waals surface area contributed by atoms with Crippen LogP contribution in [0.2, 0.25) is 0 Å². The largest absolute Gasteiger partial charge is 0.493 e. The Balaban J connectivity index is 2.50. The van der Waals surface area contributed by atoms with Crippen molar-refractivity contribution in [2.75, 3.05) is 6.61 Å². The van der Waals surface area contributed by atoms with Gasteiger partial charge in [-0.25, -0.2) is 0 Å². The monoisotopic (exact) mass is 284 g/mol. The van der Waals surface area contributed by atoms with Crippen LogP contribution < -0.4 is 10.2 Å². The van der Waals surface area contributed by atoms with Crippen molar-refractivity contribution in [1.82, 2.24) is 0 Å². The molecule has 0 aliphatic rings. The molecule has 0 spiro atoms. The van der Waals surface area contributed by atoms with E-state index in [2.05, 4.69) is 6.07 Å². The smallest absolute Gasteiger partial charge is 0.196 e. The molecule has 3 rings (SSSR count). The van der Waals surface area contributed by atoms with Crippen LogP contribution in [0.15, 0.2) is 35.1 Å².